The highest BCUT2D eigenvalue weighted by molar-refractivity contribution is 7.99. The van der Waals surface area contributed by atoms with Crippen LogP contribution < -0.4 is 20.1 Å². The van der Waals surface area contributed by atoms with Gasteiger partial charge in [0.25, 0.3) is 0 Å². The smallest absolute Gasteiger partial charge is 0.230 e. The van der Waals surface area contributed by atoms with Crippen LogP contribution in [0.3, 0.4) is 0 Å². The van der Waals surface area contributed by atoms with Crippen LogP contribution in [0.4, 0.5) is 0 Å². The van der Waals surface area contributed by atoms with Crippen LogP contribution in [0.2, 0.25) is 5.02 Å². The summed E-state index contributed by atoms with van der Waals surface area (Å²) in [6.07, 6.45) is 10.0. The molecule has 1 aromatic heterocycles. The van der Waals surface area contributed by atoms with Crippen LogP contribution in [-0.2, 0) is 11.2 Å². The van der Waals surface area contributed by atoms with Gasteiger partial charge in [-0.05, 0) is 80.5 Å². The lowest BCUT2D eigenvalue weighted by atomic mass is 10.1. The van der Waals surface area contributed by atoms with Crippen molar-refractivity contribution in [1.82, 2.24) is 20.6 Å². The predicted octanol–water partition coefficient (Wildman–Crippen LogP) is 5.98. The summed E-state index contributed by atoms with van der Waals surface area (Å²) in [6.45, 7) is 0.958. The molecule has 0 radical (unpaired) electrons. The molecule has 1 aliphatic carbocycles. The highest BCUT2D eigenvalue weighted by atomic mass is 35.5. The Kier molecular flexibility index (Phi) is 12.7. The molecular weight excluding hydrogens is 555 g/mol. The van der Waals surface area contributed by atoms with Crippen LogP contribution in [0, 0.1) is 0 Å². The molecule has 39 heavy (non-hydrogen) atoms. The first-order chi connectivity index (χ1) is 18.6. The lowest BCUT2D eigenvalue weighted by Gasteiger charge is -2.22. The highest BCUT2D eigenvalue weighted by Gasteiger charge is 2.28. The van der Waals surface area contributed by atoms with Crippen molar-refractivity contribution < 1.29 is 14.3 Å². The van der Waals surface area contributed by atoms with Crippen LogP contribution >= 0.6 is 35.8 Å². The average Bonchev–Trinajstić information content (AvgIpc) is 3.39. The summed E-state index contributed by atoms with van der Waals surface area (Å²) in [6, 6.07) is 14.3. The minimum absolute atomic E-state index is 0. The highest BCUT2D eigenvalue weighted by Crippen LogP contribution is 2.32. The number of nitrogens with zero attached hydrogens (tertiary/aromatic N) is 2. The summed E-state index contributed by atoms with van der Waals surface area (Å²) >= 11 is 7.30. The van der Waals surface area contributed by atoms with Crippen LogP contribution in [-0.4, -0.2) is 54.5 Å². The molecule has 1 amide bonds. The summed E-state index contributed by atoms with van der Waals surface area (Å²) in [4.78, 5) is 21.5. The Bertz CT molecular complexity index is 1180. The minimum atomic E-state index is 0. The lowest BCUT2D eigenvalue weighted by Crippen LogP contribution is -2.47. The predicted molar refractivity (Wildman–Crippen MR) is 161 cm³/mol. The van der Waals surface area contributed by atoms with Crippen LogP contribution in [0.5, 0.6) is 11.5 Å². The molecule has 1 heterocycles. The first-order valence-corrected chi connectivity index (χ1v) is 14.4. The van der Waals surface area contributed by atoms with Crippen molar-refractivity contribution in [1.29, 1.82) is 0 Å². The van der Waals surface area contributed by atoms with Gasteiger partial charge in [-0.3, -0.25) is 4.79 Å². The van der Waals surface area contributed by atoms with Gasteiger partial charge in [-0.15, -0.1) is 12.4 Å². The fraction of sp³-hybridized carbons (Fsp3) is 0.414. The third-order valence-corrected chi connectivity index (χ3v) is 7.88. The maximum atomic E-state index is 12.6. The van der Waals surface area contributed by atoms with Crippen LogP contribution in [0.1, 0.15) is 37.7 Å². The first kappa shape index (κ1) is 31.0. The largest absolute Gasteiger partial charge is 0.493 e. The topological polar surface area (TPSA) is 85.4 Å². The number of carbonyl (C=O) groups excluding carboxylic acids is 1. The normalized spacial score (nSPS) is 16.4. The minimum Gasteiger partial charge on any atom is -0.493 e. The van der Waals surface area contributed by atoms with E-state index >= 15 is 0 Å². The molecule has 10 heteroatoms. The number of benzene rings is 2. The van der Waals surface area contributed by atoms with Gasteiger partial charge in [0.05, 0.1) is 20.0 Å². The standard InChI is InChI=1S/C29H35ClN4O3S.ClH/c1-36-26-14-11-21(16-27(26)37-2)22-17-32-29(33-18-22)38-19-28(35)34-25-8-5-7-24(25)31-15-4-3-6-20-9-12-23(30)13-10-20;/h9-14,16-18,24-25,31H,3-8,15,19H2,1-2H3,(H,34,35);1H. The first-order valence-electron chi connectivity index (χ1n) is 13.0. The molecule has 210 valence electrons. The molecule has 0 saturated heterocycles. The Balaban J connectivity index is 0.00000420. The number of aromatic nitrogens is 2. The molecular formula is C29H36Cl2N4O3S. The van der Waals surface area contributed by atoms with Gasteiger partial charge in [-0.1, -0.05) is 41.6 Å². The van der Waals surface area contributed by atoms with Crippen molar-refractivity contribution >= 4 is 41.7 Å². The molecule has 7 nitrogen and oxygen atoms in total. The van der Waals surface area contributed by atoms with E-state index in [-0.39, 0.29) is 24.4 Å². The molecule has 4 rings (SSSR count). The van der Waals surface area contributed by atoms with Gasteiger partial charge < -0.3 is 20.1 Å². The van der Waals surface area contributed by atoms with Crippen molar-refractivity contribution in [3.8, 4) is 22.6 Å². The summed E-state index contributed by atoms with van der Waals surface area (Å²) in [5.74, 6) is 1.63. The Morgan fingerprint density at radius 1 is 0.974 bits per heavy atom. The Morgan fingerprint density at radius 3 is 2.41 bits per heavy atom. The van der Waals surface area contributed by atoms with Gasteiger partial charge in [0.15, 0.2) is 16.7 Å². The molecule has 0 bridgehead atoms. The number of hydrogen-bond acceptors (Lipinski definition) is 7. The molecule has 2 atom stereocenters. The summed E-state index contributed by atoms with van der Waals surface area (Å²) in [7, 11) is 3.22. The molecule has 1 saturated carbocycles. The van der Waals surface area contributed by atoms with Gasteiger partial charge >= 0.3 is 0 Å². The summed E-state index contributed by atoms with van der Waals surface area (Å²) < 4.78 is 10.7. The number of unbranched alkanes of at least 4 members (excludes halogenated alkanes) is 1. The van der Waals surface area contributed by atoms with Crippen molar-refractivity contribution in [2.75, 3.05) is 26.5 Å². The molecule has 0 spiro atoms. The number of nitrogens with one attached hydrogen (secondary N) is 2. The van der Waals surface area contributed by atoms with E-state index in [0.717, 1.165) is 61.2 Å². The van der Waals surface area contributed by atoms with Crippen molar-refractivity contribution in [2.45, 2.75) is 55.8 Å². The zero-order valence-corrected chi connectivity index (χ0v) is 24.7. The van der Waals surface area contributed by atoms with E-state index in [0.29, 0.717) is 28.5 Å². The van der Waals surface area contributed by atoms with Crippen LogP contribution in [0.15, 0.2) is 60.0 Å². The fourth-order valence-electron chi connectivity index (χ4n) is 4.70. The quantitative estimate of drug-likeness (QED) is 0.144. The lowest BCUT2D eigenvalue weighted by molar-refractivity contribution is -0.119. The van der Waals surface area contributed by atoms with Gasteiger partial charge in [0.1, 0.15) is 0 Å². The summed E-state index contributed by atoms with van der Waals surface area (Å²) in [5, 5.41) is 8.23. The molecule has 3 aromatic rings. The number of halogens is 2. The van der Waals surface area contributed by atoms with E-state index in [1.807, 2.05) is 30.3 Å². The number of ether oxygens (including phenoxy) is 2. The number of thioether (sulfide) groups is 1. The van der Waals surface area contributed by atoms with Gasteiger partial charge in [0.2, 0.25) is 5.91 Å². The fourth-order valence-corrected chi connectivity index (χ4v) is 5.43. The maximum Gasteiger partial charge on any atom is 0.230 e. The van der Waals surface area contributed by atoms with Crippen molar-refractivity contribution in [3.63, 3.8) is 0 Å². The Morgan fingerprint density at radius 2 is 1.69 bits per heavy atom. The van der Waals surface area contributed by atoms with E-state index in [1.165, 1.54) is 17.3 Å². The third-order valence-electron chi connectivity index (χ3n) is 6.75. The van der Waals surface area contributed by atoms with E-state index in [9.17, 15) is 4.79 Å². The van der Waals surface area contributed by atoms with Crippen molar-refractivity contribution in [2.24, 2.45) is 0 Å². The Hall–Kier alpha value is -2.52. The number of carbonyl (C=O) groups is 1. The number of methoxy groups -OCH3 is 2. The number of amides is 1. The molecule has 0 aliphatic heterocycles. The second-order valence-electron chi connectivity index (χ2n) is 9.36. The van der Waals surface area contributed by atoms with Gasteiger partial charge in [-0.2, -0.15) is 0 Å². The van der Waals surface area contributed by atoms with Gasteiger partial charge in [-0.25, -0.2) is 9.97 Å². The second kappa shape index (κ2) is 15.9. The zero-order valence-electron chi connectivity index (χ0n) is 22.3. The molecule has 2 aromatic carbocycles. The SMILES string of the molecule is COc1ccc(-c2cnc(SCC(=O)NC3CCCC3NCCCCc3ccc(Cl)cc3)nc2)cc1OC.Cl. The van der Waals surface area contributed by atoms with Crippen molar-refractivity contribution in [3.05, 3.63) is 65.4 Å². The van der Waals surface area contributed by atoms with E-state index in [4.69, 9.17) is 21.1 Å². The molecule has 2 unspecified atom stereocenters. The average molecular weight is 592 g/mol. The second-order valence-corrected chi connectivity index (χ2v) is 10.7. The number of hydrogen-bond donors (Lipinski definition) is 2. The number of rotatable bonds is 13. The monoisotopic (exact) mass is 590 g/mol. The van der Waals surface area contributed by atoms with E-state index in [2.05, 4.69) is 32.7 Å². The van der Waals surface area contributed by atoms with Gasteiger partial charge in [0, 0.05) is 35.1 Å². The molecule has 1 fully saturated rings. The Labute approximate surface area is 246 Å². The summed E-state index contributed by atoms with van der Waals surface area (Å²) in [5.41, 5.74) is 3.12. The molecule has 2 N–H and O–H groups in total. The zero-order chi connectivity index (χ0) is 26.7. The van der Waals surface area contributed by atoms with E-state index in [1.54, 1.807) is 26.6 Å². The number of aryl methyl sites for hydroxylation is 1. The van der Waals surface area contributed by atoms with E-state index < -0.39 is 0 Å². The van der Waals surface area contributed by atoms with Crippen LogP contribution in [0.25, 0.3) is 11.1 Å². The maximum absolute atomic E-state index is 12.6. The third kappa shape index (κ3) is 9.28. The molecule has 1 aliphatic rings.